The van der Waals surface area contributed by atoms with E-state index in [9.17, 15) is 9.59 Å². The number of rotatable bonds is 7. The van der Waals surface area contributed by atoms with Crippen molar-refractivity contribution in [3.05, 3.63) is 82.7 Å². The SMILES string of the molecule is Cc1cc(C)nc(SCC(=O)NNC(=O)c2ccc(COc3ccc(C(C)(C)C)cc3)cc2)n1. The van der Waals surface area contributed by atoms with Crippen LogP contribution in [-0.4, -0.2) is 27.5 Å². The lowest BCUT2D eigenvalue weighted by Crippen LogP contribution is -2.42. The normalized spacial score (nSPS) is 11.1. The summed E-state index contributed by atoms with van der Waals surface area (Å²) in [5.41, 5.74) is 9.25. The topological polar surface area (TPSA) is 93.2 Å². The molecule has 0 fully saturated rings. The molecular formula is C26H30N4O3S. The average Bonchev–Trinajstić information content (AvgIpc) is 2.79. The lowest BCUT2D eigenvalue weighted by molar-refractivity contribution is -0.119. The number of nitrogens with one attached hydrogen (secondary N) is 2. The van der Waals surface area contributed by atoms with Gasteiger partial charge in [-0.3, -0.25) is 20.4 Å². The summed E-state index contributed by atoms with van der Waals surface area (Å²) in [5.74, 6) is 0.146. The molecule has 34 heavy (non-hydrogen) atoms. The summed E-state index contributed by atoms with van der Waals surface area (Å²) in [6.45, 7) is 10.7. The summed E-state index contributed by atoms with van der Waals surface area (Å²) in [7, 11) is 0. The third-order valence-electron chi connectivity index (χ3n) is 4.95. The molecule has 0 saturated carbocycles. The van der Waals surface area contributed by atoms with Gasteiger partial charge >= 0.3 is 0 Å². The molecule has 7 nitrogen and oxygen atoms in total. The van der Waals surface area contributed by atoms with Crippen LogP contribution in [0.25, 0.3) is 0 Å². The molecule has 0 spiro atoms. The van der Waals surface area contributed by atoms with Gasteiger partial charge in [-0.2, -0.15) is 0 Å². The fraction of sp³-hybridized carbons (Fsp3) is 0.308. The number of hydrogen-bond donors (Lipinski definition) is 2. The minimum Gasteiger partial charge on any atom is -0.489 e. The van der Waals surface area contributed by atoms with Crippen LogP contribution in [0.5, 0.6) is 5.75 Å². The van der Waals surface area contributed by atoms with Crippen molar-refractivity contribution in [1.82, 2.24) is 20.8 Å². The van der Waals surface area contributed by atoms with Gasteiger partial charge in [0, 0.05) is 17.0 Å². The Labute approximate surface area is 204 Å². The Morgan fingerprint density at radius 1 is 0.912 bits per heavy atom. The van der Waals surface area contributed by atoms with E-state index in [1.165, 1.54) is 17.3 Å². The predicted octanol–water partition coefficient (Wildman–Crippen LogP) is 4.52. The van der Waals surface area contributed by atoms with E-state index in [1.54, 1.807) is 12.1 Å². The maximum atomic E-state index is 12.3. The molecule has 3 aromatic rings. The number of thioether (sulfide) groups is 1. The molecule has 0 unspecified atom stereocenters. The Morgan fingerprint density at radius 2 is 1.53 bits per heavy atom. The zero-order valence-corrected chi connectivity index (χ0v) is 21.0. The molecule has 0 bridgehead atoms. The second-order valence-corrected chi connectivity index (χ2v) is 9.93. The second-order valence-electron chi connectivity index (χ2n) is 8.98. The minimum absolute atomic E-state index is 0.0934. The molecule has 178 valence electrons. The molecule has 1 heterocycles. The molecule has 0 aliphatic carbocycles. The van der Waals surface area contributed by atoms with Crippen LogP contribution in [0.15, 0.2) is 59.8 Å². The van der Waals surface area contributed by atoms with Gasteiger partial charge in [-0.05, 0) is 60.7 Å². The van der Waals surface area contributed by atoms with Crippen molar-refractivity contribution in [2.75, 3.05) is 5.75 Å². The van der Waals surface area contributed by atoms with Crippen molar-refractivity contribution in [3.8, 4) is 5.75 Å². The Hall–Kier alpha value is -3.39. The summed E-state index contributed by atoms with van der Waals surface area (Å²) >= 11 is 1.21. The van der Waals surface area contributed by atoms with Gasteiger partial charge in [0.2, 0.25) is 5.91 Å². The molecule has 2 aromatic carbocycles. The molecule has 2 amide bonds. The van der Waals surface area contributed by atoms with E-state index in [-0.39, 0.29) is 17.1 Å². The molecule has 0 aliphatic rings. The number of ether oxygens (including phenoxy) is 1. The highest BCUT2D eigenvalue weighted by atomic mass is 32.2. The highest BCUT2D eigenvalue weighted by Gasteiger charge is 2.13. The number of hydrogen-bond acceptors (Lipinski definition) is 6. The third-order valence-corrected chi connectivity index (χ3v) is 5.80. The van der Waals surface area contributed by atoms with Crippen molar-refractivity contribution in [2.24, 2.45) is 0 Å². The number of aromatic nitrogens is 2. The molecule has 3 rings (SSSR count). The van der Waals surface area contributed by atoms with Crippen LogP contribution < -0.4 is 15.6 Å². The van der Waals surface area contributed by atoms with E-state index in [0.29, 0.717) is 17.3 Å². The Kier molecular flexibility index (Phi) is 8.28. The average molecular weight is 479 g/mol. The second kappa shape index (κ2) is 11.2. The number of carbonyl (C=O) groups is 2. The van der Waals surface area contributed by atoms with E-state index in [4.69, 9.17) is 4.74 Å². The lowest BCUT2D eigenvalue weighted by Gasteiger charge is -2.19. The van der Waals surface area contributed by atoms with Crippen LogP contribution in [0, 0.1) is 13.8 Å². The van der Waals surface area contributed by atoms with Crippen LogP contribution in [0.4, 0.5) is 0 Å². The first kappa shape index (κ1) is 25.2. The van der Waals surface area contributed by atoms with Crippen LogP contribution in [0.3, 0.4) is 0 Å². The van der Waals surface area contributed by atoms with E-state index in [2.05, 4.69) is 53.7 Å². The summed E-state index contributed by atoms with van der Waals surface area (Å²) in [5, 5.41) is 0.530. The smallest absolute Gasteiger partial charge is 0.269 e. The summed E-state index contributed by atoms with van der Waals surface area (Å²) in [6, 6.07) is 17.0. The first-order chi connectivity index (χ1) is 16.1. The molecule has 0 aliphatic heterocycles. The minimum atomic E-state index is -0.397. The monoisotopic (exact) mass is 478 g/mol. The van der Waals surface area contributed by atoms with E-state index in [0.717, 1.165) is 22.7 Å². The van der Waals surface area contributed by atoms with E-state index >= 15 is 0 Å². The zero-order chi connectivity index (χ0) is 24.7. The predicted molar refractivity (Wildman–Crippen MR) is 134 cm³/mol. The van der Waals surface area contributed by atoms with Gasteiger partial charge in [-0.15, -0.1) is 0 Å². The first-order valence-corrected chi connectivity index (χ1v) is 12.0. The standard InChI is InChI=1S/C26H30N4O3S/c1-17-14-18(2)28-25(27-17)34-16-23(31)29-30-24(32)20-8-6-19(7-9-20)15-33-22-12-10-21(11-13-22)26(3,4)5/h6-14H,15-16H2,1-5H3,(H,29,31)(H,30,32). The van der Waals surface area contributed by atoms with Crippen LogP contribution in [0.1, 0.15) is 53.6 Å². The number of hydrazine groups is 1. The Morgan fingerprint density at radius 3 is 2.12 bits per heavy atom. The molecule has 1 aromatic heterocycles. The summed E-state index contributed by atoms with van der Waals surface area (Å²) in [4.78, 5) is 32.9. The highest BCUT2D eigenvalue weighted by molar-refractivity contribution is 7.99. The molecule has 0 saturated heterocycles. The van der Waals surface area contributed by atoms with Crippen LogP contribution in [0.2, 0.25) is 0 Å². The number of benzene rings is 2. The van der Waals surface area contributed by atoms with E-state index in [1.807, 2.05) is 44.2 Å². The van der Waals surface area contributed by atoms with Crippen molar-refractivity contribution in [3.63, 3.8) is 0 Å². The number of nitrogens with zero attached hydrogens (tertiary/aromatic N) is 2. The van der Waals surface area contributed by atoms with Gasteiger partial charge in [0.1, 0.15) is 12.4 Å². The van der Waals surface area contributed by atoms with Gasteiger partial charge in [0.05, 0.1) is 5.75 Å². The largest absolute Gasteiger partial charge is 0.489 e. The summed E-state index contributed by atoms with van der Waals surface area (Å²) < 4.78 is 5.85. The van der Waals surface area contributed by atoms with Crippen LogP contribution >= 0.6 is 11.8 Å². The highest BCUT2D eigenvalue weighted by Crippen LogP contribution is 2.24. The van der Waals surface area contributed by atoms with Crippen molar-refractivity contribution in [2.45, 2.75) is 51.8 Å². The number of carbonyl (C=O) groups excluding carboxylic acids is 2. The van der Waals surface area contributed by atoms with Crippen molar-refractivity contribution in [1.29, 1.82) is 0 Å². The molecule has 8 heteroatoms. The number of amides is 2. The molecule has 2 N–H and O–H groups in total. The van der Waals surface area contributed by atoms with Gasteiger partial charge in [-0.1, -0.05) is 56.8 Å². The van der Waals surface area contributed by atoms with Crippen LogP contribution in [-0.2, 0) is 16.8 Å². The quantitative estimate of drug-likeness (QED) is 0.295. The van der Waals surface area contributed by atoms with Gasteiger partial charge in [-0.25, -0.2) is 9.97 Å². The third kappa shape index (κ3) is 7.59. The fourth-order valence-corrected chi connectivity index (χ4v) is 3.84. The fourth-order valence-electron chi connectivity index (χ4n) is 3.09. The zero-order valence-electron chi connectivity index (χ0n) is 20.1. The van der Waals surface area contributed by atoms with Crippen molar-refractivity contribution < 1.29 is 14.3 Å². The maximum Gasteiger partial charge on any atom is 0.269 e. The maximum absolute atomic E-state index is 12.3. The Bertz CT molecular complexity index is 1120. The van der Waals surface area contributed by atoms with Gasteiger partial charge in [0.15, 0.2) is 5.16 Å². The van der Waals surface area contributed by atoms with Gasteiger partial charge in [0.25, 0.3) is 5.91 Å². The Balaban J connectivity index is 1.44. The summed E-state index contributed by atoms with van der Waals surface area (Å²) in [6.07, 6.45) is 0. The van der Waals surface area contributed by atoms with E-state index < -0.39 is 5.91 Å². The molecular weight excluding hydrogens is 448 g/mol. The lowest BCUT2D eigenvalue weighted by atomic mass is 9.87. The molecule has 0 atom stereocenters. The number of aryl methyl sites for hydroxylation is 2. The van der Waals surface area contributed by atoms with Crippen molar-refractivity contribution >= 4 is 23.6 Å². The molecule has 0 radical (unpaired) electrons. The van der Waals surface area contributed by atoms with Gasteiger partial charge < -0.3 is 4.74 Å². The first-order valence-electron chi connectivity index (χ1n) is 11.0.